The van der Waals surface area contributed by atoms with Gasteiger partial charge in [-0.2, -0.15) is 0 Å². The van der Waals surface area contributed by atoms with Gasteiger partial charge in [0.25, 0.3) is 0 Å². The Morgan fingerprint density at radius 3 is 2.31 bits per heavy atom. The van der Waals surface area contributed by atoms with Crippen LogP contribution in [-0.4, -0.2) is 59.9 Å². The predicted octanol–water partition coefficient (Wildman–Crippen LogP) is 3.21. The standard InChI is InChI=1S/C29H40O10/c1-9-13(3)24(33)37-19-11-17-26(35-15(5)30)39-27(36-16(6)31)20-22(38-25(34)14(4)10-2)21(32)23-28(7,8)18(19)12-29(17,20)23/h9,11,14,18-23,26-27,32H,10,12H2,1-8H3/b13-9+/t14-,18-,19-,20+,21+,22+,23+,26-,27-,29+/m1/s1. The topological polar surface area (TPSA) is 135 Å². The van der Waals surface area contributed by atoms with Gasteiger partial charge in [-0.3, -0.25) is 19.1 Å². The lowest BCUT2D eigenvalue weighted by molar-refractivity contribution is -0.282. The van der Waals surface area contributed by atoms with Crippen molar-refractivity contribution in [1.29, 1.82) is 0 Å². The number of aliphatic hydroxyl groups is 1. The Labute approximate surface area is 229 Å². The van der Waals surface area contributed by atoms with E-state index in [-0.39, 0.29) is 5.92 Å². The number of hydrogen-bond acceptors (Lipinski definition) is 10. The molecular weight excluding hydrogens is 508 g/mol. The lowest BCUT2D eigenvalue weighted by Crippen LogP contribution is -2.56. The molecule has 0 unspecified atom stereocenters. The van der Waals surface area contributed by atoms with Crippen molar-refractivity contribution in [2.45, 2.75) is 99.1 Å². The van der Waals surface area contributed by atoms with Gasteiger partial charge in [0, 0.05) is 42.2 Å². The summed E-state index contributed by atoms with van der Waals surface area (Å²) in [5.74, 6) is -4.10. The van der Waals surface area contributed by atoms with E-state index in [0.29, 0.717) is 24.0 Å². The minimum Gasteiger partial charge on any atom is -0.459 e. The van der Waals surface area contributed by atoms with Crippen LogP contribution in [0, 0.1) is 34.5 Å². The van der Waals surface area contributed by atoms with E-state index in [9.17, 15) is 24.3 Å². The molecule has 10 atom stereocenters. The van der Waals surface area contributed by atoms with Crippen molar-refractivity contribution in [3.63, 3.8) is 0 Å². The Bertz CT molecular complexity index is 1110. The van der Waals surface area contributed by atoms with Crippen LogP contribution < -0.4 is 0 Å². The molecule has 1 spiro atoms. The van der Waals surface area contributed by atoms with E-state index in [4.69, 9.17) is 23.7 Å². The second-order valence-corrected chi connectivity index (χ2v) is 11.9. The summed E-state index contributed by atoms with van der Waals surface area (Å²) in [5, 5.41) is 11.9. The van der Waals surface area contributed by atoms with Crippen molar-refractivity contribution in [2.75, 3.05) is 0 Å². The van der Waals surface area contributed by atoms with Crippen LogP contribution in [0.5, 0.6) is 0 Å². The van der Waals surface area contributed by atoms with Gasteiger partial charge in [0.05, 0.1) is 17.9 Å². The number of carbonyl (C=O) groups excluding carboxylic acids is 4. The van der Waals surface area contributed by atoms with Crippen LogP contribution in [0.2, 0.25) is 0 Å². The second-order valence-electron chi connectivity index (χ2n) is 11.9. The number of fused-ring (bicyclic) bond motifs is 1. The highest BCUT2D eigenvalue weighted by Crippen LogP contribution is 2.75. The normalized spacial score (nSPS) is 38.7. The Kier molecular flexibility index (Phi) is 7.77. The second kappa shape index (κ2) is 10.4. The zero-order valence-corrected chi connectivity index (χ0v) is 23.9. The van der Waals surface area contributed by atoms with E-state index in [2.05, 4.69) is 0 Å². The van der Waals surface area contributed by atoms with Crippen molar-refractivity contribution in [3.05, 3.63) is 23.3 Å². The Balaban J connectivity index is 1.89. The van der Waals surface area contributed by atoms with E-state index in [1.165, 1.54) is 13.8 Å². The van der Waals surface area contributed by atoms with Crippen LogP contribution in [0.1, 0.15) is 68.2 Å². The first-order chi connectivity index (χ1) is 18.2. The first kappa shape index (κ1) is 29.3. The molecule has 4 aliphatic rings. The van der Waals surface area contributed by atoms with Gasteiger partial charge >= 0.3 is 23.9 Å². The summed E-state index contributed by atoms with van der Waals surface area (Å²) >= 11 is 0. The highest BCUT2D eigenvalue weighted by molar-refractivity contribution is 5.87. The van der Waals surface area contributed by atoms with Crippen LogP contribution >= 0.6 is 0 Å². The molecule has 1 aliphatic heterocycles. The number of aliphatic hydroxyl groups excluding tert-OH is 1. The Morgan fingerprint density at radius 1 is 1.10 bits per heavy atom. The van der Waals surface area contributed by atoms with E-state index in [0.717, 1.165) is 0 Å². The molecule has 3 aliphatic carbocycles. The molecule has 0 aromatic heterocycles. The van der Waals surface area contributed by atoms with Crippen LogP contribution in [0.15, 0.2) is 23.3 Å². The van der Waals surface area contributed by atoms with Crippen molar-refractivity contribution >= 4 is 23.9 Å². The third kappa shape index (κ3) is 4.59. The quantitative estimate of drug-likeness (QED) is 0.219. The van der Waals surface area contributed by atoms with Crippen LogP contribution in [0.25, 0.3) is 0 Å². The van der Waals surface area contributed by atoms with E-state index in [1.807, 2.05) is 20.8 Å². The van der Waals surface area contributed by atoms with Crippen molar-refractivity contribution in [1.82, 2.24) is 0 Å². The number of ether oxygens (including phenoxy) is 5. The van der Waals surface area contributed by atoms with Crippen LogP contribution in [-0.2, 0) is 42.9 Å². The highest BCUT2D eigenvalue weighted by atomic mass is 16.8. The molecule has 1 N–H and O–H groups in total. The molecule has 0 amide bonds. The maximum absolute atomic E-state index is 13.0. The van der Waals surface area contributed by atoms with Crippen molar-refractivity contribution < 1.29 is 48.0 Å². The smallest absolute Gasteiger partial charge is 0.333 e. The van der Waals surface area contributed by atoms with E-state index >= 15 is 0 Å². The number of rotatable bonds is 7. The summed E-state index contributed by atoms with van der Waals surface area (Å²) in [5.41, 5.74) is -0.562. The molecular formula is C29H40O10. The van der Waals surface area contributed by atoms with Crippen LogP contribution in [0.4, 0.5) is 0 Å². The van der Waals surface area contributed by atoms with Gasteiger partial charge < -0.3 is 24.1 Å². The molecule has 1 saturated heterocycles. The van der Waals surface area contributed by atoms with Gasteiger partial charge in [0.1, 0.15) is 12.2 Å². The fraction of sp³-hybridized carbons (Fsp3) is 0.724. The summed E-state index contributed by atoms with van der Waals surface area (Å²) < 4.78 is 29.2. The number of hydrogen-bond donors (Lipinski definition) is 1. The average Bonchev–Trinajstić information content (AvgIpc) is 3.21. The maximum Gasteiger partial charge on any atom is 0.333 e. The first-order valence-electron chi connectivity index (χ1n) is 13.6. The van der Waals surface area contributed by atoms with Gasteiger partial charge in [-0.1, -0.05) is 33.8 Å². The summed E-state index contributed by atoms with van der Waals surface area (Å²) in [4.78, 5) is 50.1. The van der Waals surface area contributed by atoms with Gasteiger partial charge in [-0.25, -0.2) is 4.79 Å². The number of allylic oxidation sites excluding steroid dienone is 1. The van der Waals surface area contributed by atoms with Crippen molar-refractivity contribution in [3.8, 4) is 0 Å². The van der Waals surface area contributed by atoms with E-state index < -0.39 is 83.4 Å². The zero-order valence-electron chi connectivity index (χ0n) is 23.9. The molecule has 0 radical (unpaired) electrons. The molecule has 2 saturated carbocycles. The zero-order chi connectivity index (χ0) is 29.0. The molecule has 39 heavy (non-hydrogen) atoms. The largest absolute Gasteiger partial charge is 0.459 e. The predicted molar refractivity (Wildman–Crippen MR) is 136 cm³/mol. The average molecular weight is 549 g/mol. The summed E-state index contributed by atoms with van der Waals surface area (Å²) in [6, 6.07) is 0. The fourth-order valence-corrected chi connectivity index (χ4v) is 7.40. The van der Waals surface area contributed by atoms with Gasteiger partial charge in [0.2, 0.25) is 12.6 Å². The van der Waals surface area contributed by atoms with E-state index in [1.54, 1.807) is 32.9 Å². The molecule has 4 rings (SSSR count). The van der Waals surface area contributed by atoms with Crippen LogP contribution in [0.3, 0.4) is 0 Å². The molecule has 3 fully saturated rings. The summed E-state index contributed by atoms with van der Waals surface area (Å²) in [6.07, 6.45) is -0.972. The SMILES string of the molecule is C/C=C(\C)C(=O)O[C@@H]1C=C2[C@H](OC(C)=O)O[C@@H](OC(C)=O)[C@@H]3[C@H](OC(=O)[C@H](C)CC)[C@H](O)[C@H]4C(C)(C)[C@@H]1C[C@]234. The fourth-order valence-electron chi connectivity index (χ4n) is 7.40. The molecule has 216 valence electrons. The third-order valence-corrected chi connectivity index (χ3v) is 9.40. The maximum atomic E-state index is 13.0. The monoisotopic (exact) mass is 548 g/mol. The summed E-state index contributed by atoms with van der Waals surface area (Å²) in [6.45, 7) is 13.5. The minimum atomic E-state index is -1.25. The molecule has 10 heteroatoms. The van der Waals surface area contributed by atoms with Gasteiger partial charge in [-0.15, -0.1) is 0 Å². The lowest BCUT2D eigenvalue weighted by Gasteiger charge is -2.50. The Hall–Kier alpha value is -2.72. The first-order valence-corrected chi connectivity index (χ1v) is 13.6. The Morgan fingerprint density at radius 2 is 1.74 bits per heavy atom. The minimum absolute atomic E-state index is 0.225. The van der Waals surface area contributed by atoms with Crippen molar-refractivity contribution in [2.24, 2.45) is 34.5 Å². The molecule has 0 aromatic rings. The summed E-state index contributed by atoms with van der Waals surface area (Å²) in [7, 11) is 0. The molecule has 0 aromatic carbocycles. The molecule has 2 bridgehead atoms. The molecule has 1 heterocycles. The highest BCUT2D eigenvalue weighted by Gasteiger charge is 2.79. The molecule has 10 nitrogen and oxygen atoms in total. The third-order valence-electron chi connectivity index (χ3n) is 9.40. The lowest BCUT2D eigenvalue weighted by atomic mass is 9.62. The number of esters is 4. The number of carbonyl (C=O) groups is 4. The van der Waals surface area contributed by atoms with Gasteiger partial charge in [0.15, 0.2) is 0 Å². The van der Waals surface area contributed by atoms with Gasteiger partial charge in [-0.05, 0) is 38.2 Å².